The van der Waals surface area contributed by atoms with Crippen LogP contribution in [0.15, 0.2) is 41.5 Å². The number of carbonyl (C=O) groups excluding carboxylic acids is 4. The van der Waals surface area contributed by atoms with Gasteiger partial charge in [-0.05, 0) is 67.8 Å². The highest BCUT2D eigenvalue weighted by molar-refractivity contribution is 6.74. The molecule has 1 aromatic rings. The van der Waals surface area contributed by atoms with Crippen LogP contribution in [0.2, 0.25) is 36.3 Å². The Hall–Kier alpha value is -2.49. The standard InChI is InChI=1S/C41H62O10Si2/c1-12-52(13-2,14-3)50-29-24-41(46)36(48-37(45)28-21-19-18-20-22-28)34-39(11,35(44)33(43)32(26(29)7)38(41,9)10)30(51-53(15-4,16-5)17-6)23-31-40(34,25-47-31)49-27(8)42/h18-22,29-31,34,36,46H,12-17,23-25H2,1-11H3/t29?,30?,31?,34-,36-,39+,40-,41+/m0/s1. The van der Waals surface area contributed by atoms with Crippen molar-refractivity contribution in [2.45, 2.75) is 161 Å². The first-order chi connectivity index (χ1) is 24.9. The maximum absolute atomic E-state index is 15.5. The summed E-state index contributed by atoms with van der Waals surface area (Å²) < 4.78 is 33.4. The Kier molecular flexibility index (Phi) is 11.7. The zero-order chi connectivity index (χ0) is 39.4. The highest BCUT2D eigenvalue weighted by atomic mass is 28.4. The predicted molar refractivity (Wildman–Crippen MR) is 206 cm³/mol. The van der Waals surface area contributed by atoms with E-state index in [4.69, 9.17) is 23.1 Å². The first-order valence-corrected chi connectivity index (χ1v) is 24.9. The van der Waals surface area contributed by atoms with Gasteiger partial charge in [0, 0.05) is 30.8 Å². The molecule has 1 aromatic carbocycles. The second-order valence-corrected chi connectivity index (χ2v) is 26.2. The molecule has 2 saturated carbocycles. The Morgan fingerprint density at radius 2 is 1.43 bits per heavy atom. The summed E-state index contributed by atoms with van der Waals surface area (Å²) in [4.78, 5) is 58.2. The van der Waals surface area contributed by atoms with Crippen LogP contribution >= 0.6 is 0 Å². The topological polar surface area (TPSA) is 135 Å². The Morgan fingerprint density at radius 1 is 0.887 bits per heavy atom. The molecule has 0 amide bonds. The van der Waals surface area contributed by atoms with Crippen molar-refractivity contribution in [3.05, 3.63) is 47.0 Å². The molecular weight excluding hydrogens is 709 g/mol. The molecule has 0 aromatic heterocycles. The molecule has 5 rings (SSSR count). The van der Waals surface area contributed by atoms with Gasteiger partial charge in [0.15, 0.2) is 22.2 Å². The van der Waals surface area contributed by atoms with Crippen molar-refractivity contribution in [2.24, 2.45) is 16.7 Å². The Balaban J connectivity index is 1.87. The third-order valence-corrected chi connectivity index (χ3v) is 23.6. The van der Waals surface area contributed by atoms with Gasteiger partial charge in [0.2, 0.25) is 11.6 Å². The number of Topliss-reactive ketones (excluding diaryl/α,β-unsaturated/α-hetero) is 2. The minimum absolute atomic E-state index is 0.00433. The number of hydrogen-bond donors (Lipinski definition) is 1. The van der Waals surface area contributed by atoms with Crippen LogP contribution in [0.1, 0.15) is 99.4 Å². The number of ketones is 2. The Morgan fingerprint density at radius 3 is 1.92 bits per heavy atom. The van der Waals surface area contributed by atoms with Gasteiger partial charge >= 0.3 is 11.9 Å². The molecule has 4 aliphatic rings. The molecule has 3 aliphatic carbocycles. The number of rotatable bonds is 13. The summed E-state index contributed by atoms with van der Waals surface area (Å²) in [5.74, 6) is -3.94. The fourth-order valence-electron chi connectivity index (χ4n) is 10.3. The molecule has 294 valence electrons. The molecule has 3 unspecified atom stereocenters. The number of fused-ring (bicyclic) bond motifs is 5. The molecule has 1 heterocycles. The average Bonchev–Trinajstić information content (AvgIpc) is 3.13. The third kappa shape index (κ3) is 6.37. The Labute approximate surface area is 318 Å². The van der Waals surface area contributed by atoms with E-state index in [9.17, 15) is 14.7 Å². The zero-order valence-corrected chi connectivity index (χ0v) is 35.8. The molecule has 1 N–H and O–H groups in total. The lowest BCUT2D eigenvalue weighted by Gasteiger charge is -2.67. The number of ether oxygens (including phenoxy) is 3. The molecule has 53 heavy (non-hydrogen) atoms. The average molecular weight is 771 g/mol. The molecule has 8 atom stereocenters. The fourth-order valence-corrected chi connectivity index (χ4v) is 16.1. The number of benzene rings is 1. The van der Waals surface area contributed by atoms with E-state index in [0.717, 1.165) is 36.3 Å². The molecular formula is C41H62O10Si2. The maximum atomic E-state index is 15.5. The van der Waals surface area contributed by atoms with E-state index in [2.05, 4.69) is 41.5 Å². The molecule has 12 heteroatoms. The molecule has 0 radical (unpaired) electrons. The van der Waals surface area contributed by atoms with E-state index in [0.29, 0.717) is 5.57 Å². The van der Waals surface area contributed by atoms with Crippen LogP contribution in [-0.2, 0) is 37.4 Å². The van der Waals surface area contributed by atoms with E-state index in [1.165, 1.54) is 6.92 Å². The van der Waals surface area contributed by atoms with Crippen LogP contribution in [0.3, 0.4) is 0 Å². The van der Waals surface area contributed by atoms with Crippen LogP contribution in [-0.4, -0.2) is 87.5 Å². The SMILES string of the molecule is CC[Si](CC)(CC)OC1C[C@@]2(O)[C@@H](OC(=O)c3ccccc3)[C@@H]3[C@]4(OC(C)=O)COC4CC(O[Si](CC)(CC)CC)[C@@]3(C)C(=O)C(=O)C(=C1C)C2(C)C. The lowest BCUT2D eigenvalue weighted by Crippen LogP contribution is -2.82. The molecule has 0 spiro atoms. The van der Waals surface area contributed by atoms with E-state index >= 15 is 9.59 Å². The highest BCUT2D eigenvalue weighted by Crippen LogP contribution is 2.64. The van der Waals surface area contributed by atoms with Gasteiger partial charge < -0.3 is 28.2 Å². The van der Waals surface area contributed by atoms with Crippen LogP contribution in [0.4, 0.5) is 0 Å². The maximum Gasteiger partial charge on any atom is 0.338 e. The normalized spacial score (nSPS) is 33.9. The minimum atomic E-state index is -2.46. The smallest absolute Gasteiger partial charge is 0.338 e. The van der Waals surface area contributed by atoms with Crippen molar-refractivity contribution in [1.29, 1.82) is 0 Å². The van der Waals surface area contributed by atoms with Crippen LogP contribution in [0.25, 0.3) is 0 Å². The summed E-state index contributed by atoms with van der Waals surface area (Å²) in [6.07, 6.45) is -3.57. The van der Waals surface area contributed by atoms with Gasteiger partial charge in [-0.15, -0.1) is 0 Å². The summed E-state index contributed by atoms with van der Waals surface area (Å²) in [7, 11) is -4.82. The molecule has 1 saturated heterocycles. The summed E-state index contributed by atoms with van der Waals surface area (Å²) in [6, 6.07) is 13.3. The molecule has 10 nitrogen and oxygen atoms in total. The van der Waals surface area contributed by atoms with E-state index < -0.39 is 92.5 Å². The molecule has 3 fully saturated rings. The number of hydrogen-bond acceptors (Lipinski definition) is 10. The first-order valence-electron chi connectivity index (χ1n) is 19.8. The van der Waals surface area contributed by atoms with E-state index in [1.807, 2.05) is 6.92 Å². The van der Waals surface area contributed by atoms with Crippen LogP contribution in [0, 0.1) is 16.7 Å². The van der Waals surface area contributed by atoms with Gasteiger partial charge in [0.05, 0.1) is 35.7 Å². The van der Waals surface area contributed by atoms with Gasteiger partial charge in [-0.25, -0.2) is 4.79 Å². The van der Waals surface area contributed by atoms with Crippen molar-refractivity contribution < 1.29 is 47.3 Å². The Bertz CT molecular complexity index is 1600. The fraction of sp³-hybridized carbons (Fsp3) is 0.707. The van der Waals surface area contributed by atoms with Gasteiger partial charge in [-0.3, -0.25) is 14.4 Å². The van der Waals surface area contributed by atoms with Gasteiger partial charge in [-0.1, -0.05) is 73.6 Å². The quantitative estimate of drug-likeness (QED) is 0.123. The van der Waals surface area contributed by atoms with Gasteiger partial charge in [-0.2, -0.15) is 0 Å². The van der Waals surface area contributed by atoms with Crippen molar-refractivity contribution in [1.82, 2.24) is 0 Å². The number of esters is 2. The predicted octanol–water partition coefficient (Wildman–Crippen LogP) is 7.35. The van der Waals surface area contributed by atoms with Crippen molar-refractivity contribution in [3.8, 4) is 0 Å². The minimum Gasteiger partial charge on any atom is -0.455 e. The lowest BCUT2D eigenvalue weighted by molar-refractivity contribution is -0.342. The van der Waals surface area contributed by atoms with Crippen LogP contribution < -0.4 is 0 Å². The molecule has 1 aliphatic heterocycles. The van der Waals surface area contributed by atoms with Gasteiger partial charge in [0.1, 0.15) is 17.8 Å². The van der Waals surface area contributed by atoms with Crippen molar-refractivity contribution in [3.63, 3.8) is 0 Å². The highest BCUT2D eigenvalue weighted by Gasteiger charge is 2.78. The van der Waals surface area contributed by atoms with Gasteiger partial charge in [0.25, 0.3) is 0 Å². The van der Waals surface area contributed by atoms with Crippen molar-refractivity contribution >= 4 is 40.1 Å². The summed E-state index contributed by atoms with van der Waals surface area (Å²) >= 11 is 0. The third-order valence-electron chi connectivity index (χ3n) is 14.3. The second kappa shape index (κ2) is 14.9. The van der Waals surface area contributed by atoms with E-state index in [1.54, 1.807) is 51.1 Å². The van der Waals surface area contributed by atoms with Crippen molar-refractivity contribution in [2.75, 3.05) is 6.61 Å². The zero-order valence-electron chi connectivity index (χ0n) is 33.8. The molecule has 2 bridgehead atoms. The lowest BCUT2D eigenvalue weighted by atomic mass is 9.45. The number of carbonyl (C=O) groups is 4. The largest absolute Gasteiger partial charge is 0.455 e. The number of aliphatic hydroxyl groups is 1. The summed E-state index contributed by atoms with van der Waals surface area (Å²) in [5.41, 5.74) is -5.51. The van der Waals surface area contributed by atoms with Crippen LogP contribution in [0.5, 0.6) is 0 Å². The first kappa shape index (κ1) is 41.7. The second-order valence-electron chi connectivity index (χ2n) is 16.7. The summed E-state index contributed by atoms with van der Waals surface area (Å²) in [6.45, 7) is 20.9. The van der Waals surface area contributed by atoms with E-state index in [-0.39, 0.29) is 30.6 Å². The summed E-state index contributed by atoms with van der Waals surface area (Å²) in [5, 5.41) is 13.7. The monoisotopic (exact) mass is 770 g/mol.